The second-order valence-corrected chi connectivity index (χ2v) is 3.49. The summed E-state index contributed by atoms with van der Waals surface area (Å²) in [4.78, 5) is 15.5. The first-order valence-corrected chi connectivity index (χ1v) is 4.99. The molecule has 0 amide bonds. The number of hydrogen-bond acceptors (Lipinski definition) is 6. The highest BCUT2D eigenvalue weighted by Gasteiger charge is 1.97. The number of hydrogen-bond donors (Lipinski definition) is 6. The van der Waals surface area contributed by atoms with Crippen molar-refractivity contribution in [1.29, 1.82) is 0 Å². The molecule has 0 radical (unpaired) electrons. The van der Waals surface area contributed by atoms with Crippen LogP contribution in [0, 0.1) is 4.77 Å². The van der Waals surface area contributed by atoms with E-state index in [1.807, 2.05) is 0 Å². The minimum absolute atomic E-state index is 0. The van der Waals surface area contributed by atoms with E-state index in [2.05, 4.69) is 22.2 Å². The van der Waals surface area contributed by atoms with Crippen LogP contribution >= 0.6 is 12.2 Å². The van der Waals surface area contributed by atoms with E-state index < -0.39 is 16.0 Å². The maximum absolute atomic E-state index is 10.7. The van der Waals surface area contributed by atoms with Crippen molar-refractivity contribution in [3.05, 3.63) is 15.1 Å². The fourth-order valence-corrected chi connectivity index (χ4v) is 0.716. The van der Waals surface area contributed by atoms with Gasteiger partial charge in [0.25, 0.3) is 5.56 Å². The molecular formula is C4H10N4O6S2. The fraction of sp³-hybridized carbons (Fsp3) is 0. The standard InChI is InChI=1S/C4H6N4OS.H2O4S.H2O/c5-1-2(6)7-4(10)8-3(1)9;1-5(2,3)4;/h5H2,(H4,6,7,8,9,10);(H2,1,2,3,4);1H2. The molecule has 94 valence electrons. The second kappa shape index (κ2) is 6.19. The van der Waals surface area contributed by atoms with E-state index in [1.165, 1.54) is 0 Å². The minimum Gasteiger partial charge on any atom is -0.412 e. The van der Waals surface area contributed by atoms with Gasteiger partial charge < -0.3 is 21.9 Å². The van der Waals surface area contributed by atoms with Crippen LogP contribution in [-0.2, 0) is 10.4 Å². The maximum atomic E-state index is 10.7. The normalized spacial score (nSPS) is 9.62. The zero-order valence-corrected chi connectivity index (χ0v) is 9.22. The van der Waals surface area contributed by atoms with Gasteiger partial charge in [0.05, 0.1) is 0 Å². The average molecular weight is 274 g/mol. The van der Waals surface area contributed by atoms with Gasteiger partial charge in [0, 0.05) is 0 Å². The molecule has 0 spiro atoms. The van der Waals surface area contributed by atoms with Gasteiger partial charge in [0.15, 0.2) is 4.77 Å². The lowest BCUT2D eigenvalue weighted by Crippen LogP contribution is -2.15. The number of aromatic amines is 2. The maximum Gasteiger partial charge on any atom is 0.394 e. The molecule has 0 atom stereocenters. The summed E-state index contributed by atoms with van der Waals surface area (Å²) in [6.07, 6.45) is 0. The summed E-state index contributed by atoms with van der Waals surface area (Å²) in [5, 5.41) is 0. The van der Waals surface area contributed by atoms with Crippen molar-refractivity contribution in [3.63, 3.8) is 0 Å². The molecule has 0 aliphatic rings. The molecule has 16 heavy (non-hydrogen) atoms. The highest BCUT2D eigenvalue weighted by Crippen LogP contribution is 1.99. The molecule has 0 saturated carbocycles. The molecule has 1 heterocycles. The van der Waals surface area contributed by atoms with Crippen LogP contribution in [0.1, 0.15) is 0 Å². The predicted molar refractivity (Wildman–Crippen MR) is 58.9 cm³/mol. The summed E-state index contributed by atoms with van der Waals surface area (Å²) in [5.74, 6) is 0.105. The van der Waals surface area contributed by atoms with E-state index in [4.69, 9.17) is 29.0 Å². The number of nitrogen functional groups attached to an aromatic ring is 2. The van der Waals surface area contributed by atoms with Crippen molar-refractivity contribution in [1.82, 2.24) is 9.97 Å². The van der Waals surface area contributed by atoms with E-state index in [0.29, 0.717) is 0 Å². The molecule has 0 saturated heterocycles. The number of rotatable bonds is 0. The number of aromatic nitrogens is 2. The third kappa shape index (κ3) is 7.89. The van der Waals surface area contributed by atoms with E-state index in [9.17, 15) is 4.79 Å². The van der Waals surface area contributed by atoms with Gasteiger partial charge >= 0.3 is 10.4 Å². The van der Waals surface area contributed by atoms with Crippen LogP contribution in [-0.4, -0.2) is 33.0 Å². The summed E-state index contributed by atoms with van der Waals surface area (Å²) in [7, 11) is -4.67. The van der Waals surface area contributed by atoms with Crippen LogP contribution in [0.25, 0.3) is 0 Å². The third-order valence-electron chi connectivity index (χ3n) is 1.01. The number of nitrogens with two attached hydrogens (primary N) is 2. The van der Waals surface area contributed by atoms with Gasteiger partial charge in [-0.1, -0.05) is 0 Å². The van der Waals surface area contributed by atoms with E-state index in [1.54, 1.807) is 0 Å². The largest absolute Gasteiger partial charge is 0.412 e. The van der Waals surface area contributed by atoms with Gasteiger partial charge in [0.1, 0.15) is 11.5 Å². The van der Waals surface area contributed by atoms with Gasteiger partial charge in [0.2, 0.25) is 0 Å². The Morgan fingerprint density at radius 1 is 1.19 bits per heavy atom. The Morgan fingerprint density at radius 2 is 1.56 bits per heavy atom. The van der Waals surface area contributed by atoms with Crippen molar-refractivity contribution < 1.29 is 23.0 Å². The molecule has 10 N–H and O–H groups in total. The summed E-state index contributed by atoms with van der Waals surface area (Å²) in [5.41, 5.74) is 9.97. The lowest BCUT2D eigenvalue weighted by Gasteiger charge is -1.95. The van der Waals surface area contributed by atoms with Crippen molar-refractivity contribution in [2.24, 2.45) is 0 Å². The molecule has 0 aliphatic carbocycles. The molecule has 1 rings (SSSR count). The number of anilines is 2. The Hall–Kier alpha value is -1.47. The van der Waals surface area contributed by atoms with Crippen molar-refractivity contribution in [2.45, 2.75) is 0 Å². The topological polar surface area (TPSA) is 207 Å². The molecule has 1 aromatic heterocycles. The fourth-order valence-electron chi connectivity index (χ4n) is 0.514. The van der Waals surface area contributed by atoms with Crippen molar-refractivity contribution >= 4 is 34.1 Å². The van der Waals surface area contributed by atoms with Crippen LogP contribution in [0.3, 0.4) is 0 Å². The molecule has 0 unspecified atom stereocenters. The number of H-pyrrole nitrogens is 2. The zero-order chi connectivity index (χ0) is 12.2. The molecule has 12 heteroatoms. The Balaban J connectivity index is 0. The molecular weight excluding hydrogens is 264 g/mol. The van der Waals surface area contributed by atoms with Gasteiger partial charge in [-0.05, 0) is 12.2 Å². The predicted octanol–water partition coefficient (Wildman–Crippen LogP) is -1.88. The number of nitrogens with one attached hydrogen (secondary N) is 2. The molecule has 0 bridgehead atoms. The molecule has 0 fully saturated rings. The van der Waals surface area contributed by atoms with E-state index in [0.717, 1.165) is 0 Å². The van der Waals surface area contributed by atoms with E-state index in [-0.39, 0.29) is 21.8 Å². The lowest BCUT2D eigenvalue weighted by atomic mass is 10.5. The van der Waals surface area contributed by atoms with Crippen LogP contribution in [0.15, 0.2) is 4.79 Å². The second-order valence-electron chi connectivity index (χ2n) is 2.18. The highest BCUT2D eigenvalue weighted by atomic mass is 32.3. The first kappa shape index (κ1) is 16.9. The van der Waals surface area contributed by atoms with Crippen molar-refractivity contribution in [2.75, 3.05) is 11.5 Å². The minimum atomic E-state index is -4.67. The summed E-state index contributed by atoms with van der Waals surface area (Å²) >= 11 is 4.60. The van der Waals surface area contributed by atoms with E-state index >= 15 is 0 Å². The zero-order valence-electron chi connectivity index (χ0n) is 7.59. The van der Waals surface area contributed by atoms with Crippen LogP contribution in [0.2, 0.25) is 0 Å². The quantitative estimate of drug-likeness (QED) is 0.232. The molecule has 0 aliphatic heterocycles. The van der Waals surface area contributed by atoms with Gasteiger partial charge in [-0.3, -0.25) is 18.9 Å². The summed E-state index contributed by atoms with van der Waals surface area (Å²) in [6.45, 7) is 0. The van der Waals surface area contributed by atoms with Crippen molar-refractivity contribution in [3.8, 4) is 0 Å². The average Bonchev–Trinajstić information content (AvgIpc) is 1.96. The Labute approximate surface area is 94.2 Å². The van der Waals surface area contributed by atoms with Crippen LogP contribution in [0.5, 0.6) is 0 Å². The third-order valence-corrected chi connectivity index (χ3v) is 1.21. The lowest BCUT2D eigenvalue weighted by molar-refractivity contribution is 0.381. The molecule has 0 aromatic carbocycles. The van der Waals surface area contributed by atoms with Gasteiger partial charge in [-0.15, -0.1) is 0 Å². The Bertz CT molecular complexity index is 536. The smallest absolute Gasteiger partial charge is 0.394 e. The summed E-state index contributed by atoms with van der Waals surface area (Å²) in [6, 6.07) is 0. The van der Waals surface area contributed by atoms with Crippen LogP contribution in [0.4, 0.5) is 11.5 Å². The SMILES string of the molecule is Nc1[nH]c(=S)[nH]c(=O)c1N.O.O=S(=O)(O)O. The van der Waals surface area contributed by atoms with Gasteiger partial charge in [-0.25, -0.2) is 0 Å². The molecule has 10 nitrogen and oxygen atoms in total. The van der Waals surface area contributed by atoms with Gasteiger partial charge in [-0.2, -0.15) is 8.42 Å². The monoisotopic (exact) mass is 274 g/mol. The first-order chi connectivity index (χ1) is 6.61. The molecule has 1 aromatic rings. The first-order valence-electron chi connectivity index (χ1n) is 3.18. The Morgan fingerprint density at radius 3 is 1.88 bits per heavy atom. The Kier molecular flexibility index (Phi) is 6.55. The van der Waals surface area contributed by atoms with Crippen LogP contribution < -0.4 is 17.0 Å². The highest BCUT2D eigenvalue weighted by molar-refractivity contribution is 7.79. The summed E-state index contributed by atoms with van der Waals surface area (Å²) < 4.78 is 31.8.